The normalized spacial score (nSPS) is 12.4. The van der Waals surface area contributed by atoms with E-state index in [0.29, 0.717) is 24.4 Å². The van der Waals surface area contributed by atoms with Gasteiger partial charge in [0.25, 0.3) is 0 Å². The summed E-state index contributed by atoms with van der Waals surface area (Å²) >= 11 is 2.94. The van der Waals surface area contributed by atoms with Crippen molar-refractivity contribution in [3.05, 3.63) is 92.5 Å². The van der Waals surface area contributed by atoms with Gasteiger partial charge in [-0.2, -0.15) is 0 Å². The summed E-state index contributed by atoms with van der Waals surface area (Å²) in [6.07, 6.45) is 9.42. The molecule has 2 aromatic carbocycles. The largest absolute Gasteiger partial charge is 0.361 e. The van der Waals surface area contributed by atoms with Gasteiger partial charge in [-0.15, -0.1) is 31.7 Å². The first-order valence-electron chi connectivity index (χ1n) is 13.4. The second-order valence-corrected chi connectivity index (χ2v) is 12.1. The molecule has 0 spiro atoms. The van der Waals surface area contributed by atoms with E-state index in [2.05, 4.69) is 48.9 Å². The Bertz CT molecular complexity index is 1700. The van der Waals surface area contributed by atoms with Gasteiger partial charge in [-0.05, 0) is 47.6 Å². The summed E-state index contributed by atoms with van der Waals surface area (Å²) in [7, 11) is 0. The van der Waals surface area contributed by atoms with Crippen LogP contribution in [0.1, 0.15) is 51.0 Å². The standard InChI is InChI=1S/C30H28N6O2S2/c37-22(15-21-18-31-25-10-4-3-9-24(21)25)17-29-35-33-27(39-29)11-5-6-12-28-34-36-30(40-28)32-26(38)16-20-14-13-19-7-1-2-8-23(19)20/h1-4,7-10,14,18,31H,5-6,11-13,15-17H2,(H,32,36,38). The van der Waals surface area contributed by atoms with Crippen LogP contribution in [0.3, 0.4) is 0 Å². The highest BCUT2D eigenvalue weighted by Gasteiger charge is 2.17. The van der Waals surface area contributed by atoms with E-state index in [1.54, 1.807) is 0 Å². The predicted molar refractivity (Wildman–Crippen MR) is 159 cm³/mol. The molecule has 0 atom stereocenters. The summed E-state index contributed by atoms with van der Waals surface area (Å²) in [4.78, 5) is 28.4. The minimum absolute atomic E-state index is 0.0716. The first kappa shape index (κ1) is 26.2. The van der Waals surface area contributed by atoms with Crippen molar-refractivity contribution in [2.75, 3.05) is 5.32 Å². The topological polar surface area (TPSA) is 114 Å². The molecular formula is C30H28N6O2S2. The highest BCUT2D eigenvalue weighted by atomic mass is 32.1. The smallest absolute Gasteiger partial charge is 0.230 e. The third kappa shape index (κ3) is 6.24. The fourth-order valence-corrected chi connectivity index (χ4v) is 6.71. The lowest BCUT2D eigenvalue weighted by atomic mass is 10.0. The van der Waals surface area contributed by atoms with E-state index in [1.807, 2.05) is 42.6 Å². The number of hydrogen-bond donors (Lipinski definition) is 2. The van der Waals surface area contributed by atoms with E-state index in [-0.39, 0.29) is 11.7 Å². The molecular weight excluding hydrogens is 541 g/mol. The fraction of sp³-hybridized carbons (Fsp3) is 0.267. The minimum Gasteiger partial charge on any atom is -0.361 e. The molecule has 0 saturated heterocycles. The second kappa shape index (κ2) is 12.0. The molecule has 3 heterocycles. The number of aryl methyl sites for hydroxylation is 2. The predicted octanol–water partition coefficient (Wildman–Crippen LogP) is 5.76. The molecule has 6 rings (SSSR count). The second-order valence-electron chi connectivity index (χ2n) is 9.86. The number of carbonyl (C=O) groups excluding carboxylic acids is 2. The van der Waals surface area contributed by atoms with E-state index in [4.69, 9.17) is 0 Å². The van der Waals surface area contributed by atoms with E-state index < -0.39 is 0 Å². The number of rotatable bonds is 12. The van der Waals surface area contributed by atoms with Gasteiger partial charge < -0.3 is 10.3 Å². The van der Waals surface area contributed by atoms with Crippen molar-refractivity contribution in [1.82, 2.24) is 25.4 Å². The Labute approximate surface area is 239 Å². The summed E-state index contributed by atoms with van der Waals surface area (Å²) in [6.45, 7) is 0. The first-order valence-corrected chi connectivity index (χ1v) is 15.0. The van der Waals surface area contributed by atoms with E-state index in [0.717, 1.165) is 74.7 Å². The Morgan fingerprint density at radius 2 is 1.57 bits per heavy atom. The lowest BCUT2D eigenvalue weighted by Gasteiger charge is -2.05. The zero-order valence-electron chi connectivity index (χ0n) is 21.9. The third-order valence-electron chi connectivity index (χ3n) is 6.95. The summed E-state index contributed by atoms with van der Waals surface area (Å²) < 4.78 is 0. The summed E-state index contributed by atoms with van der Waals surface area (Å²) in [6, 6.07) is 16.2. The maximum Gasteiger partial charge on any atom is 0.230 e. The molecule has 0 radical (unpaired) electrons. The van der Waals surface area contributed by atoms with Gasteiger partial charge in [0.2, 0.25) is 11.0 Å². The van der Waals surface area contributed by atoms with Gasteiger partial charge in [-0.25, -0.2) is 0 Å². The highest BCUT2D eigenvalue weighted by Crippen LogP contribution is 2.30. The average Bonchev–Trinajstić information content (AvgIpc) is 3.76. The van der Waals surface area contributed by atoms with Gasteiger partial charge >= 0.3 is 0 Å². The monoisotopic (exact) mass is 568 g/mol. The van der Waals surface area contributed by atoms with Crippen molar-refractivity contribution < 1.29 is 9.59 Å². The molecule has 5 aromatic rings. The molecule has 0 unspecified atom stereocenters. The first-order chi connectivity index (χ1) is 19.6. The Balaban J connectivity index is 0.915. The number of aromatic amines is 1. The molecule has 1 amide bonds. The molecule has 1 aliphatic rings. The number of benzene rings is 2. The lowest BCUT2D eigenvalue weighted by Crippen LogP contribution is -2.11. The van der Waals surface area contributed by atoms with Crippen LogP contribution >= 0.6 is 22.7 Å². The molecule has 0 fully saturated rings. The number of allylic oxidation sites excluding steroid dienone is 1. The van der Waals surface area contributed by atoms with Crippen LogP contribution in [0, 0.1) is 0 Å². The van der Waals surface area contributed by atoms with Crippen LogP contribution in [-0.4, -0.2) is 37.1 Å². The summed E-state index contributed by atoms with van der Waals surface area (Å²) in [5.74, 6) is 0.0639. The number of Topliss-reactive ketones (excluding diaryl/α,β-unsaturated/α-hetero) is 1. The van der Waals surface area contributed by atoms with Crippen molar-refractivity contribution >= 4 is 56.0 Å². The van der Waals surface area contributed by atoms with E-state index >= 15 is 0 Å². The quantitative estimate of drug-likeness (QED) is 0.185. The van der Waals surface area contributed by atoms with Crippen LogP contribution in [-0.2, 0) is 41.7 Å². The Morgan fingerprint density at radius 1 is 0.825 bits per heavy atom. The number of anilines is 1. The fourth-order valence-electron chi connectivity index (χ4n) is 5.00. The molecule has 2 N–H and O–H groups in total. The average molecular weight is 569 g/mol. The van der Waals surface area contributed by atoms with Crippen molar-refractivity contribution in [3.8, 4) is 0 Å². The number of aromatic nitrogens is 5. The molecule has 202 valence electrons. The third-order valence-corrected chi connectivity index (χ3v) is 8.83. The van der Waals surface area contributed by atoms with Crippen molar-refractivity contribution in [1.29, 1.82) is 0 Å². The van der Waals surface area contributed by atoms with Gasteiger partial charge in [-0.1, -0.05) is 59.9 Å². The number of para-hydroxylation sites is 1. The van der Waals surface area contributed by atoms with E-state index in [9.17, 15) is 9.59 Å². The molecule has 1 aliphatic carbocycles. The molecule has 10 heteroatoms. The molecule has 0 saturated carbocycles. The van der Waals surface area contributed by atoms with Crippen molar-refractivity contribution in [3.63, 3.8) is 0 Å². The van der Waals surface area contributed by atoms with Crippen LogP contribution in [0.25, 0.3) is 16.5 Å². The van der Waals surface area contributed by atoms with Gasteiger partial charge in [-0.3, -0.25) is 9.59 Å². The molecule has 0 aliphatic heterocycles. The van der Waals surface area contributed by atoms with Gasteiger partial charge in [0.1, 0.15) is 20.8 Å². The lowest BCUT2D eigenvalue weighted by molar-refractivity contribution is -0.118. The Hall–Kier alpha value is -4.02. The number of hydrogen-bond acceptors (Lipinski definition) is 8. The zero-order chi connectivity index (χ0) is 27.3. The van der Waals surface area contributed by atoms with E-state index in [1.165, 1.54) is 28.2 Å². The molecule has 0 bridgehead atoms. The number of nitrogens with zero attached hydrogens (tertiary/aromatic N) is 4. The maximum absolute atomic E-state index is 12.6. The zero-order valence-corrected chi connectivity index (χ0v) is 23.5. The number of H-pyrrole nitrogens is 1. The number of ketones is 1. The minimum atomic E-state index is -0.0716. The molecule has 40 heavy (non-hydrogen) atoms. The van der Waals surface area contributed by atoms with Crippen LogP contribution in [0.2, 0.25) is 0 Å². The Morgan fingerprint density at radius 3 is 2.48 bits per heavy atom. The number of amides is 1. The molecule has 8 nitrogen and oxygen atoms in total. The van der Waals surface area contributed by atoms with Crippen LogP contribution in [0.15, 0.2) is 60.8 Å². The van der Waals surface area contributed by atoms with Crippen LogP contribution in [0.5, 0.6) is 0 Å². The highest BCUT2D eigenvalue weighted by molar-refractivity contribution is 7.15. The number of unbranched alkanes of at least 4 members (excludes halogenated alkanes) is 1. The number of fused-ring (bicyclic) bond motifs is 2. The van der Waals surface area contributed by atoms with Gasteiger partial charge in [0, 0.05) is 36.4 Å². The number of nitrogens with one attached hydrogen (secondary N) is 2. The van der Waals surface area contributed by atoms with Crippen LogP contribution < -0.4 is 5.32 Å². The maximum atomic E-state index is 12.6. The van der Waals surface area contributed by atoms with Gasteiger partial charge in [0.05, 0.1) is 12.8 Å². The van der Waals surface area contributed by atoms with Crippen molar-refractivity contribution in [2.45, 2.75) is 51.4 Å². The van der Waals surface area contributed by atoms with Crippen LogP contribution in [0.4, 0.5) is 5.13 Å². The van der Waals surface area contributed by atoms with Gasteiger partial charge in [0.15, 0.2) is 0 Å². The summed E-state index contributed by atoms with van der Waals surface area (Å²) in [5.41, 5.74) is 5.55. The SMILES string of the molecule is O=C(Cc1nnc(CCCCc2nnc(NC(=O)CC3=CCc4ccccc43)s2)s1)Cc1c[nH]c2ccccc12. The molecule has 3 aromatic heterocycles. The summed E-state index contributed by atoms with van der Waals surface area (Å²) in [5, 5.41) is 24.1. The van der Waals surface area contributed by atoms with Crippen molar-refractivity contribution in [2.24, 2.45) is 0 Å². The Kier molecular flexibility index (Phi) is 7.87. The number of carbonyl (C=O) groups is 2.